The molecule has 0 atom stereocenters. The maximum Gasteiger partial charge on any atom is 0.264 e. The number of carbonyl (C=O) groups is 1. The average molecular weight is 405 g/mol. The van der Waals surface area contributed by atoms with Crippen LogP contribution in [0.3, 0.4) is 0 Å². The van der Waals surface area contributed by atoms with Crippen molar-refractivity contribution in [2.75, 3.05) is 24.0 Å². The summed E-state index contributed by atoms with van der Waals surface area (Å²) in [5.41, 5.74) is 1.30. The predicted molar refractivity (Wildman–Crippen MR) is 111 cm³/mol. The SMILES string of the molecule is CCCCNC(=O)CN(c1ccccc1OCC)S(=O)(=O)c1ccc(C)cc1. The highest BCUT2D eigenvalue weighted by Gasteiger charge is 2.29. The van der Waals surface area contributed by atoms with Crippen LogP contribution >= 0.6 is 0 Å². The van der Waals surface area contributed by atoms with Crippen LogP contribution in [0.25, 0.3) is 0 Å². The normalized spacial score (nSPS) is 11.1. The first-order valence-electron chi connectivity index (χ1n) is 9.48. The lowest BCUT2D eigenvalue weighted by atomic mass is 10.2. The van der Waals surface area contributed by atoms with Crippen molar-refractivity contribution in [2.45, 2.75) is 38.5 Å². The molecular weight excluding hydrogens is 376 g/mol. The van der Waals surface area contributed by atoms with E-state index in [1.807, 2.05) is 20.8 Å². The van der Waals surface area contributed by atoms with Crippen LogP contribution in [-0.2, 0) is 14.8 Å². The number of carbonyl (C=O) groups excluding carboxylic acids is 1. The van der Waals surface area contributed by atoms with Crippen molar-refractivity contribution in [3.05, 3.63) is 54.1 Å². The van der Waals surface area contributed by atoms with Gasteiger partial charge in [0.15, 0.2) is 0 Å². The van der Waals surface area contributed by atoms with Gasteiger partial charge in [-0.15, -0.1) is 0 Å². The lowest BCUT2D eigenvalue weighted by Gasteiger charge is -2.26. The quantitative estimate of drug-likeness (QED) is 0.615. The Labute approximate surface area is 167 Å². The average Bonchev–Trinajstić information content (AvgIpc) is 2.67. The molecule has 0 aliphatic carbocycles. The van der Waals surface area contributed by atoms with E-state index in [0.29, 0.717) is 24.6 Å². The zero-order chi connectivity index (χ0) is 20.6. The molecule has 7 heteroatoms. The molecule has 0 saturated carbocycles. The van der Waals surface area contributed by atoms with Crippen LogP contribution in [0.4, 0.5) is 5.69 Å². The molecule has 0 aromatic heterocycles. The molecule has 2 rings (SSSR count). The second kappa shape index (κ2) is 10.1. The molecule has 1 N–H and O–H groups in total. The molecule has 2 aromatic carbocycles. The minimum atomic E-state index is -3.94. The second-order valence-electron chi connectivity index (χ2n) is 6.43. The van der Waals surface area contributed by atoms with E-state index in [-0.39, 0.29) is 17.3 Å². The van der Waals surface area contributed by atoms with E-state index in [0.717, 1.165) is 22.7 Å². The Morgan fingerprint density at radius 3 is 2.39 bits per heavy atom. The molecule has 0 aliphatic rings. The number of unbranched alkanes of at least 4 members (excludes halogenated alkanes) is 1. The van der Waals surface area contributed by atoms with Crippen molar-refractivity contribution in [3.63, 3.8) is 0 Å². The third kappa shape index (κ3) is 5.48. The predicted octanol–water partition coefficient (Wildman–Crippen LogP) is 3.51. The van der Waals surface area contributed by atoms with Crippen LogP contribution in [0, 0.1) is 6.92 Å². The first-order chi connectivity index (χ1) is 13.4. The number of anilines is 1. The highest BCUT2D eigenvalue weighted by atomic mass is 32.2. The summed E-state index contributed by atoms with van der Waals surface area (Å²) in [7, 11) is -3.94. The molecule has 0 bridgehead atoms. The molecule has 0 radical (unpaired) electrons. The number of hydrogen-bond donors (Lipinski definition) is 1. The monoisotopic (exact) mass is 404 g/mol. The third-order valence-electron chi connectivity index (χ3n) is 4.18. The Bertz CT molecular complexity index is 880. The maximum atomic E-state index is 13.4. The summed E-state index contributed by atoms with van der Waals surface area (Å²) in [6, 6.07) is 13.4. The molecule has 28 heavy (non-hydrogen) atoms. The van der Waals surface area contributed by atoms with Crippen LogP contribution < -0.4 is 14.4 Å². The smallest absolute Gasteiger partial charge is 0.264 e. The summed E-state index contributed by atoms with van der Waals surface area (Å²) in [6.45, 7) is 6.33. The van der Waals surface area contributed by atoms with E-state index in [1.54, 1.807) is 48.5 Å². The second-order valence-corrected chi connectivity index (χ2v) is 8.29. The van der Waals surface area contributed by atoms with Gasteiger partial charge >= 0.3 is 0 Å². The molecule has 0 saturated heterocycles. The number of benzene rings is 2. The topological polar surface area (TPSA) is 75.7 Å². The molecular formula is C21H28N2O4S. The third-order valence-corrected chi connectivity index (χ3v) is 5.96. The maximum absolute atomic E-state index is 13.4. The van der Waals surface area contributed by atoms with Crippen molar-refractivity contribution >= 4 is 21.6 Å². The molecule has 152 valence electrons. The van der Waals surface area contributed by atoms with E-state index in [4.69, 9.17) is 4.74 Å². The number of hydrogen-bond acceptors (Lipinski definition) is 4. The van der Waals surface area contributed by atoms with Crippen molar-refractivity contribution in [2.24, 2.45) is 0 Å². The van der Waals surface area contributed by atoms with Gasteiger partial charge in [-0.05, 0) is 44.5 Å². The Morgan fingerprint density at radius 2 is 1.75 bits per heavy atom. The van der Waals surface area contributed by atoms with Gasteiger partial charge in [-0.25, -0.2) is 8.42 Å². The van der Waals surface area contributed by atoms with Gasteiger partial charge in [-0.2, -0.15) is 0 Å². The van der Waals surface area contributed by atoms with Crippen LogP contribution in [0.5, 0.6) is 5.75 Å². The van der Waals surface area contributed by atoms with Gasteiger partial charge in [0.05, 0.1) is 17.2 Å². The largest absolute Gasteiger partial charge is 0.492 e. The molecule has 0 unspecified atom stereocenters. The van der Waals surface area contributed by atoms with Crippen molar-refractivity contribution < 1.29 is 17.9 Å². The number of rotatable bonds is 10. The number of para-hydroxylation sites is 2. The summed E-state index contributed by atoms with van der Waals surface area (Å²) in [5.74, 6) is 0.0671. The van der Waals surface area contributed by atoms with E-state index >= 15 is 0 Å². The van der Waals surface area contributed by atoms with Gasteiger partial charge in [0.2, 0.25) is 5.91 Å². The lowest BCUT2D eigenvalue weighted by molar-refractivity contribution is -0.119. The van der Waals surface area contributed by atoms with Crippen LogP contribution in [-0.4, -0.2) is 34.0 Å². The molecule has 0 fully saturated rings. The van der Waals surface area contributed by atoms with Gasteiger partial charge in [-0.3, -0.25) is 9.10 Å². The van der Waals surface area contributed by atoms with Gasteiger partial charge in [0.1, 0.15) is 12.3 Å². The van der Waals surface area contributed by atoms with E-state index < -0.39 is 10.0 Å². The number of sulfonamides is 1. The standard InChI is InChI=1S/C21H28N2O4S/c1-4-6-15-22-21(24)16-23(19-9-7-8-10-20(19)27-5-2)28(25,26)18-13-11-17(3)12-14-18/h7-14H,4-6,15-16H2,1-3H3,(H,22,24). The number of nitrogens with one attached hydrogen (secondary N) is 1. The fourth-order valence-electron chi connectivity index (χ4n) is 2.67. The zero-order valence-electron chi connectivity index (χ0n) is 16.6. The Morgan fingerprint density at radius 1 is 1.07 bits per heavy atom. The minimum absolute atomic E-state index is 0.130. The fraction of sp³-hybridized carbons (Fsp3) is 0.381. The molecule has 1 amide bonds. The summed E-state index contributed by atoms with van der Waals surface area (Å²) < 4.78 is 33.4. The summed E-state index contributed by atoms with van der Waals surface area (Å²) in [5, 5.41) is 2.78. The van der Waals surface area contributed by atoms with E-state index in [9.17, 15) is 13.2 Å². The van der Waals surface area contributed by atoms with Gasteiger partial charge in [0.25, 0.3) is 10.0 Å². The van der Waals surface area contributed by atoms with Gasteiger partial charge < -0.3 is 10.1 Å². The fourth-order valence-corrected chi connectivity index (χ4v) is 4.10. The first kappa shape index (κ1) is 21.8. The van der Waals surface area contributed by atoms with Crippen molar-refractivity contribution in [3.8, 4) is 5.75 Å². The molecule has 2 aromatic rings. The molecule has 0 heterocycles. The molecule has 0 aliphatic heterocycles. The van der Waals surface area contributed by atoms with Crippen molar-refractivity contribution in [1.82, 2.24) is 5.32 Å². The lowest BCUT2D eigenvalue weighted by Crippen LogP contribution is -2.41. The van der Waals surface area contributed by atoms with Crippen molar-refractivity contribution in [1.29, 1.82) is 0 Å². The zero-order valence-corrected chi connectivity index (χ0v) is 17.5. The Balaban J connectivity index is 2.44. The van der Waals surface area contributed by atoms with Crippen LogP contribution in [0.2, 0.25) is 0 Å². The number of amides is 1. The molecule has 0 spiro atoms. The number of nitrogens with zero attached hydrogens (tertiary/aromatic N) is 1. The molecule has 6 nitrogen and oxygen atoms in total. The van der Waals surface area contributed by atoms with Gasteiger partial charge in [0, 0.05) is 6.54 Å². The summed E-state index contributed by atoms with van der Waals surface area (Å²) in [6.07, 6.45) is 1.78. The number of ether oxygens (including phenoxy) is 1. The highest BCUT2D eigenvalue weighted by molar-refractivity contribution is 7.92. The van der Waals surface area contributed by atoms with E-state index in [1.165, 1.54) is 0 Å². The van der Waals surface area contributed by atoms with E-state index in [2.05, 4.69) is 5.32 Å². The van der Waals surface area contributed by atoms with Crippen LogP contribution in [0.15, 0.2) is 53.4 Å². The Kier molecular flexibility index (Phi) is 7.87. The van der Waals surface area contributed by atoms with Crippen LogP contribution in [0.1, 0.15) is 32.3 Å². The highest BCUT2D eigenvalue weighted by Crippen LogP contribution is 2.32. The number of aryl methyl sites for hydroxylation is 1. The minimum Gasteiger partial charge on any atom is -0.492 e. The Hall–Kier alpha value is -2.54. The summed E-state index contributed by atoms with van der Waals surface area (Å²) in [4.78, 5) is 12.6. The first-order valence-corrected chi connectivity index (χ1v) is 10.9. The summed E-state index contributed by atoms with van der Waals surface area (Å²) >= 11 is 0. The van der Waals surface area contributed by atoms with Gasteiger partial charge in [-0.1, -0.05) is 43.2 Å².